The van der Waals surface area contributed by atoms with Gasteiger partial charge in [0, 0.05) is 56.7 Å². The highest BCUT2D eigenvalue weighted by atomic mass is 19.1. The van der Waals surface area contributed by atoms with Crippen LogP contribution < -0.4 is 10.6 Å². The fraction of sp³-hybridized carbons (Fsp3) is 0.417. The van der Waals surface area contributed by atoms with Crippen LogP contribution in [-0.2, 0) is 11.3 Å². The van der Waals surface area contributed by atoms with E-state index in [0.717, 1.165) is 49.8 Å². The summed E-state index contributed by atoms with van der Waals surface area (Å²) in [7, 11) is 1.70. The van der Waals surface area contributed by atoms with Crippen molar-refractivity contribution in [2.75, 3.05) is 33.3 Å². The Morgan fingerprint density at radius 2 is 1.90 bits per heavy atom. The highest BCUT2D eigenvalue weighted by molar-refractivity contribution is 5.74. The predicted octanol–water partition coefficient (Wildman–Crippen LogP) is 3.88. The number of halogens is 1. The third-order valence-electron chi connectivity index (χ3n) is 5.47. The molecule has 0 saturated carbocycles. The van der Waals surface area contributed by atoms with E-state index in [1.54, 1.807) is 25.6 Å². The molecular formula is C24H32FN5O. The summed E-state index contributed by atoms with van der Waals surface area (Å²) in [4.78, 5) is 10.8. The van der Waals surface area contributed by atoms with Crippen molar-refractivity contribution >= 4 is 11.0 Å². The predicted molar refractivity (Wildman–Crippen MR) is 123 cm³/mol. The van der Waals surface area contributed by atoms with E-state index < -0.39 is 0 Å². The number of fused-ring (bicyclic) bond motifs is 1. The van der Waals surface area contributed by atoms with Crippen molar-refractivity contribution in [2.45, 2.75) is 33.7 Å². The van der Waals surface area contributed by atoms with Gasteiger partial charge in [0.15, 0.2) is 0 Å². The number of nitrogens with one attached hydrogen (secondary N) is 2. The first kappa shape index (κ1) is 22.7. The van der Waals surface area contributed by atoms with Crippen LogP contribution in [0.3, 0.4) is 0 Å². The van der Waals surface area contributed by atoms with Gasteiger partial charge in [0.2, 0.25) is 0 Å². The molecule has 0 unspecified atom stereocenters. The molecule has 0 atom stereocenters. The van der Waals surface area contributed by atoms with Crippen molar-refractivity contribution in [2.24, 2.45) is 0 Å². The van der Waals surface area contributed by atoms with Crippen LogP contribution in [0.2, 0.25) is 0 Å². The average Bonchev–Trinajstić information content (AvgIpc) is 2.81. The van der Waals surface area contributed by atoms with Gasteiger partial charge in [-0.3, -0.25) is 9.97 Å². The van der Waals surface area contributed by atoms with Gasteiger partial charge in [-0.15, -0.1) is 0 Å². The third-order valence-corrected chi connectivity index (χ3v) is 5.47. The first-order valence-electron chi connectivity index (χ1n) is 10.8. The Bertz CT molecular complexity index is 993. The van der Waals surface area contributed by atoms with E-state index in [-0.39, 0.29) is 5.82 Å². The smallest absolute Gasteiger partial charge is 0.144 e. The molecular weight excluding hydrogens is 393 g/mol. The van der Waals surface area contributed by atoms with Gasteiger partial charge in [-0.25, -0.2) is 4.39 Å². The molecule has 0 spiro atoms. The zero-order chi connectivity index (χ0) is 22.2. The number of benzene rings is 1. The normalized spacial score (nSPS) is 16.4. The van der Waals surface area contributed by atoms with Crippen LogP contribution >= 0.6 is 0 Å². The molecule has 6 nitrogen and oxygen atoms in total. The topological polar surface area (TPSA) is 62.3 Å². The number of ether oxygens (including phenoxy) is 1. The number of methoxy groups -OCH3 is 1. The third kappa shape index (κ3) is 5.61. The lowest BCUT2D eigenvalue weighted by molar-refractivity contribution is 0.252. The number of hydrogen-bond acceptors (Lipinski definition) is 6. The summed E-state index contributed by atoms with van der Waals surface area (Å²) in [5.74, 6) is 0.518. The van der Waals surface area contributed by atoms with Gasteiger partial charge in [-0.05, 0) is 32.4 Å². The number of piperazine rings is 1. The second-order valence-electron chi connectivity index (χ2n) is 7.54. The first-order valence-corrected chi connectivity index (χ1v) is 10.8. The van der Waals surface area contributed by atoms with Crippen LogP contribution in [0.4, 0.5) is 4.39 Å². The van der Waals surface area contributed by atoms with Crippen molar-refractivity contribution in [3.8, 4) is 0 Å². The summed E-state index contributed by atoms with van der Waals surface area (Å²) < 4.78 is 20.5. The fourth-order valence-corrected chi connectivity index (χ4v) is 3.57. The largest absolute Gasteiger partial charge is 0.495 e. The molecule has 2 N–H and O–H groups in total. The Balaban J connectivity index is 1.93. The second kappa shape index (κ2) is 10.9. The van der Waals surface area contributed by atoms with Crippen molar-refractivity contribution in [3.63, 3.8) is 0 Å². The van der Waals surface area contributed by atoms with E-state index in [1.165, 1.54) is 11.6 Å². The van der Waals surface area contributed by atoms with E-state index in [1.807, 2.05) is 13.0 Å². The molecule has 31 heavy (non-hydrogen) atoms. The van der Waals surface area contributed by atoms with Gasteiger partial charge in [0.05, 0.1) is 23.8 Å². The summed E-state index contributed by atoms with van der Waals surface area (Å²) in [5.41, 5.74) is 4.93. The van der Waals surface area contributed by atoms with Gasteiger partial charge in [0.25, 0.3) is 0 Å². The maximum absolute atomic E-state index is 14.7. The monoisotopic (exact) mass is 425 g/mol. The van der Waals surface area contributed by atoms with E-state index >= 15 is 0 Å². The quantitative estimate of drug-likeness (QED) is 0.494. The van der Waals surface area contributed by atoms with Crippen LogP contribution in [0, 0.1) is 5.82 Å². The molecule has 0 bridgehead atoms. The Hall–Kier alpha value is -2.93. The summed E-state index contributed by atoms with van der Waals surface area (Å²) in [5, 5.41) is 6.83. The van der Waals surface area contributed by atoms with Crippen molar-refractivity contribution in [1.29, 1.82) is 0 Å². The standard InChI is InChI=1S/C24H32FN5O/c1-5-17(3)13-23(31-4)24(30-11-9-26-10-12-30)20(6-2)29-16-18-14-21-22(15-19(18)25)28-8-7-27-21/h6-8,13-15,26,29H,5,9-12,16H2,1-4H3/b17-13+,20-6+,24-23-. The maximum Gasteiger partial charge on any atom is 0.144 e. The molecule has 1 fully saturated rings. The maximum atomic E-state index is 14.7. The molecule has 7 heteroatoms. The molecule has 1 aliphatic rings. The van der Waals surface area contributed by atoms with Crippen molar-refractivity contribution in [3.05, 3.63) is 70.8 Å². The molecule has 1 aromatic heterocycles. The Morgan fingerprint density at radius 1 is 1.23 bits per heavy atom. The molecule has 2 heterocycles. The SMILES string of the molecule is C\C=C(NCc1cc2nccnc2cc1F)/C(=C(\C=C(/C)CC)OC)N1CCNCC1. The Kier molecular flexibility index (Phi) is 8.00. The average molecular weight is 426 g/mol. The van der Waals surface area contributed by atoms with Gasteiger partial charge < -0.3 is 20.3 Å². The van der Waals surface area contributed by atoms with Gasteiger partial charge >= 0.3 is 0 Å². The van der Waals surface area contributed by atoms with Crippen LogP contribution in [-0.4, -0.2) is 48.2 Å². The van der Waals surface area contributed by atoms with E-state index in [9.17, 15) is 4.39 Å². The second-order valence-corrected chi connectivity index (χ2v) is 7.54. The molecule has 0 radical (unpaired) electrons. The number of rotatable bonds is 8. The minimum absolute atomic E-state index is 0.294. The van der Waals surface area contributed by atoms with Gasteiger partial charge in [0.1, 0.15) is 17.3 Å². The zero-order valence-corrected chi connectivity index (χ0v) is 18.8. The number of allylic oxidation sites excluding steroid dienone is 3. The van der Waals surface area contributed by atoms with E-state index in [0.29, 0.717) is 23.1 Å². The molecule has 1 aliphatic heterocycles. The molecule has 1 aromatic carbocycles. The highest BCUT2D eigenvalue weighted by Gasteiger charge is 2.21. The molecule has 1 saturated heterocycles. The Morgan fingerprint density at radius 3 is 2.52 bits per heavy atom. The molecule has 0 aliphatic carbocycles. The van der Waals surface area contributed by atoms with E-state index in [4.69, 9.17) is 4.74 Å². The lowest BCUT2D eigenvalue weighted by Crippen LogP contribution is -2.44. The van der Waals surface area contributed by atoms with Gasteiger partial charge in [-0.2, -0.15) is 0 Å². The van der Waals surface area contributed by atoms with Crippen molar-refractivity contribution < 1.29 is 9.13 Å². The lowest BCUT2D eigenvalue weighted by Gasteiger charge is -2.34. The van der Waals surface area contributed by atoms with Gasteiger partial charge in [-0.1, -0.05) is 18.6 Å². The number of hydrogen-bond donors (Lipinski definition) is 2. The first-order chi connectivity index (χ1) is 15.1. The van der Waals surface area contributed by atoms with Crippen LogP contribution in [0.1, 0.15) is 32.8 Å². The number of nitrogens with zero attached hydrogens (tertiary/aromatic N) is 3. The summed E-state index contributed by atoms with van der Waals surface area (Å²) in [6.45, 7) is 10.1. The summed E-state index contributed by atoms with van der Waals surface area (Å²) >= 11 is 0. The van der Waals surface area contributed by atoms with Crippen LogP contribution in [0.25, 0.3) is 11.0 Å². The van der Waals surface area contributed by atoms with E-state index in [2.05, 4.69) is 45.4 Å². The molecule has 3 rings (SSSR count). The summed E-state index contributed by atoms with van der Waals surface area (Å²) in [6, 6.07) is 3.19. The lowest BCUT2D eigenvalue weighted by atomic mass is 10.1. The summed E-state index contributed by atoms with van der Waals surface area (Å²) in [6.07, 6.45) is 8.25. The van der Waals surface area contributed by atoms with Crippen molar-refractivity contribution in [1.82, 2.24) is 25.5 Å². The fourth-order valence-electron chi connectivity index (χ4n) is 3.57. The zero-order valence-electron chi connectivity index (χ0n) is 18.8. The number of aromatic nitrogens is 2. The minimum Gasteiger partial charge on any atom is -0.495 e. The Labute approximate surface area is 183 Å². The highest BCUT2D eigenvalue weighted by Crippen LogP contribution is 2.23. The molecule has 2 aromatic rings. The van der Waals surface area contributed by atoms with Crippen LogP contribution in [0.5, 0.6) is 0 Å². The minimum atomic E-state index is -0.294. The molecule has 166 valence electrons. The van der Waals surface area contributed by atoms with Crippen LogP contribution in [0.15, 0.2) is 59.4 Å². The molecule has 0 amide bonds.